The van der Waals surface area contributed by atoms with Gasteiger partial charge in [0.15, 0.2) is 0 Å². The highest BCUT2D eigenvalue weighted by atomic mass is 32.2. The summed E-state index contributed by atoms with van der Waals surface area (Å²) in [5.41, 5.74) is 2.55. The van der Waals surface area contributed by atoms with Gasteiger partial charge in [-0.1, -0.05) is 13.0 Å². The summed E-state index contributed by atoms with van der Waals surface area (Å²) in [7, 11) is -3.63. The highest BCUT2D eigenvalue weighted by Crippen LogP contribution is 2.30. The average molecular weight is 373 g/mol. The van der Waals surface area contributed by atoms with Gasteiger partial charge in [-0.15, -0.1) is 0 Å². The molecule has 2 heterocycles. The summed E-state index contributed by atoms with van der Waals surface area (Å²) in [4.78, 5) is 18.2. The lowest BCUT2D eigenvalue weighted by atomic mass is 10.2. The standard InChI is InChI=1S/C19H23N3O3S/c1-3-19(23)22-11-9-15-13-17(7-8-18(15)22)26(24,25)21-14(2)12-16-6-4-5-10-20-16/h4-8,10,13-14,21H,3,9,11-12H2,1-2H3/t14-/m0/s1. The van der Waals surface area contributed by atoms with Gasteiger partial charge in [0.05, 0.1) is 4.90 Å². The number of fused-ring (bicyclic) bond motifs is 1. The predicted molar refractivity (Wildman–Crippen MR) is 101 cm³/mol. The van der Waals surface area contributed by atoms with E-state index in [0.717, 1.165) is 16.9 Å². The molecule has 0 fully saturated rings. The normalized spacial score (nSPS) is 14.9. The summed E-state index contributed by atoms with van der Waals surface area (Å²) in [6.45, 7) is 4.25. The summed E-state index contributed by atoms with van der Waals surface area (Å²) in [6.07, 6.45) is 3.32. The fourth-order valence-electron chi connectivity index (χ4n) is 3.20. The third-order valence-electron chi connectivity index (χ3n) is 4.46. The van der Waals surface area contributed by atoms with Gasteiger partial charge in [0.1, 0.15) is 0 Å². The Labute approximate surface area is 154 Å². The molecule has 0 unspecified atom stereocenters. The summed E-state index contributed by atoms with van der Waals surface area (Å²) in [6, 6.07) is 10.3. The van der Waals surface area contributed by atoms with Gasteiger partial charge in [-0.3, -0.25) is 9.78 Å². The Morgan fingerprint density at radius 3 is 2.81 bits per heavy atom. The number of hydrogen-bond acceptors (Lipinski definition) is 4. The monoisotopic (exact) mass is 373 g/mol. The molecular weight excluding hydrogens is 350 g/mol. The summed E-state index contributed by atoms with van der Waals surface area (Å²) in [5, 5.41) is 0. The summed E-state index contributed by atoms with van der Waals surface area (Å²) >= 11 is 0. The molecule has 0 aliphatic carbocycles. The van der Waals surface area contributed by atoms with Crippen molar-refractivity contribution in [2.45, 2.75) is 44.0 Å². The Bertz CT molecular complexity index is 898. The molecule has 7 heteroatoms. The Balaban J connectivity index is 1.75. The zero-order valence-corrected chi connectivity index (χ0v) is 15.8. The first kappa shape index (κ1) is 18.5. The molecule has 6 nitrogen and oxygen atoms in total. The number of pyridine rings is 1. The highest BCUT2D eigenvalue weighted by Gasteiger charge is 2.26. The molecule has 2 aromatic rings. The first-order valence-electron chi connectivity index (χ1n) is 8.76. The number of nitrogens with one attached hydrogen (secondary N) is 1. The predicted octanol–water partition coefficient (Wildman–Crippen LogP) is 2.29. The zero-order valence-electron chi connectivity index (χ0n) is 15.0. The fraction of sp³-hybridized carbons (Fsp3) is 0.368. The number of hydrogen-bond donors (Lipinski definition) is 1. The molecule has 1 aromatic carbocycles. The molecule has 1 aliphatic rings. The van der Waals surface area contributed by atoms with Gasteiger partial charge in [-0.05, 0) is 49.2 Å². The minimum absolute atomic E-state index is 0.0569. The van der Waals surface area contributed by atoms with E-state index in [1.165, 1.54) is 0 Å². The number of rotatable bonds is 6. The molecule has 1 atom stereocenters. The van der Waals surface area contributed by atoms with Crippen molar-refractivity contribution in [1.29, 1.82) is 0 Å². The Morgan fingerprint density at radius 2 is 2.12 bits per heavy atom. The van der Waals surface area contributed by atoms with Crippen LogP contribution in [0.25, 0.3) is 0 Å². The number of aromatic nitrogens is 1. The van der Waals surface area contributed by atoms with Gasteiger partial charge in [-0.25, -0.2) is 13.1 Å². The minimum atomic E-state index is -3.63. The second kappa shape index (κ2) is 7.55. The fourth-order valence-corrected chi connectivity index (χ4v) is 4.50. The quantitative estimate of drug-likeness (QED) is 0.843. The maximum Gasteiger partial charge on any atom is 0.240 e. The first-order valence-corrected chi connectivity index (χ1v) is 10.2. The third kappa shape index (κ3) is 3.94. The van der Waals surface area contributed by atoms with E-state index in [9.17, 15) is 13.2 Å². The van der Waals surface area contributed by atoms with E-state index >= 15 is 0 Å². The second-order valence-electron chi connectivity index (χ2n) is 6.49. The van der Waals surface area contributed by atoms with Crippen molar-refractivity contribution in [3.63, 3.8) is 0 Å². The zero-order chi connectivity index (χ0) is 18.7. The van der Waals surface area contributed by atoms with Gasteiger partial charge in [0.25, 0.3) is 0 Å². The highest BCUT2D eigenvalue weighted by molar-refractivity contribution is 7.89. The molecule has 0 bridgehead atoms. The van der Waals surface area contributed by atoms with Crippen molar-refractivity contribution in [2.24, 2.45) is 0 Å². The number of benzene rings is 1. The molecule has 3 rings (SSSR count). The lowest BCUT2D eigenvalue weighted by molar-refractivity contribution is -0.118. The van der Waals surface area contributed by atoms with E-state index in [1.807, 2.05) is 32.0 Å². The minimum Gasteiger partial charge on any atom is -0.312 e. The maximum absolute atomic E-state index is 12.7. The van der Waals surface area contributed by atoms with E-state index in [0.29, 0.717) is 25.8 Å². The van der Waals surface area contributed by atoms with Crippen molar-refractivity contribution in [1.82, 2.24) is 9.71 Å². The van der Waals surface area contributed by atoms with Crippen LogP contribution in [0, 0.1) is 0 Å². The topological polar surface area (TPSA) is 79.4 Å². The van der Waals surface area contributed by atoms with Crippen LogP contribution in [0.2, 0.25) is 0 Å². The van der Waals surface area contributed by atoms with Gasteiger partial charge < -0.3 is 4.90 Å². The molecular formula is C19H23N3O3S. The molecule has 1 aliphatic heterocycles. The lowest BCUT2D eigenvalue weighted by Gasteiger charge is -2.17. The molecule has 0 saturated carbocycles. The molecule has 0 saturated heterocycles. The summed E-state index contributed by atoms with van der Waals surface area (Å²) in [5.74, 6) is 0.0569. The van der Waals surface area contributed by atoms with Crippen LogP contribution in [0.4, 0.5) is 5.69 Å². The number of nitrogens with zero attached hydrogens (tertiary/aromatic N) is 2. The smallest absolute Gasteiger partial charge is 0.240 e. The molecule has 0 spiro atoms. The number of anilines is 1. The average Bonchev–Trinajstić information content (AvgIpc) is 3.04. The Hall–Kier alpha value is -2.25. The van der Waals surface area contributed by atoms with Gasteiger partial charge in [0, 0.05) is 43.0 Å². The van der Waals surface area contributed by atoms with Crippen LogP contribution in [0.3, 0.4) is 0 Å². The van der Waals surface area contributed by atoms with Crippen molar-refractivity contribution in [3.05, 3.63) is 53.9 Å². The third-order valence-corrected chi connectivity index (χ3v) is 6.05. The van der Waals surface area contributed by atoms with Crippen LogP contribution >= 0.6 is 0 Å². The molecule has 1 aromatic heterocycles. The van der Waals surface area contributed by atoms with Crippen LogP contribution in [0.5, 0.6) is 0 Å². The van der Waals surface area contributed by atoms with Crippen molar-refractivity contribution >= 4 is 21.6 Å². The number of carbonyl (C=O) groups is 1. The number of amides is 1. The largest absolute Gasteiger partial charge is 0.312 e. The molecule has 1 N–H and O–H groups in total. The van der Waals surface area contributed by atoms with Crippen molar-refractivity contribution in [2.75, 3.05) is 11.4 Å². The van der Waals surface area contributed by atoms with Crippen LogP contribution < -0.4 is 9.62 Å². The number of carbonyl (C=O) groups excluding carboxylic acids is 1. The van der Waals surface area contributed by atoms with Crippen LogP contribution in [-0.2, 0) is 27.7 Å². The van der Waals surface area contributed by atoms with Gasteiger partial charge >= 0.3 is 0 Å². The maximum atomic E-state index is 12.7. The van der Waals surface area contributed by atoms with Gasteiger partial charge in [0.2, 0.25) is 15.9 Å². The van der Waals surface area contributed by atoms with E-state index in [1.54, 1.807) is 29.3 Å². The van der Waals surface area contributed by atoms with E-state index < -0.39 is 10.0 Å². The van der Waals surface area contributed by atoms with E-state index in [2.05, 4.69) is 9.71 Å². The van der Waals surface area contributed by atoms with Crippen molar-refractivity contribution < 1.29 is 13.2 Å². The second-order valence-corrected chi connectivity index (χ2v) is 8.20. The van der Waals surface area contributed by atoms with Crippen LogP contribution in [-0.4, -0.2) is 31.9 Å². The van der Waals surface area contributed by atoms with E-state index in [-0.39, 0.29) is 16.8 Å². The van der Waals surface area contributed by atoms with Crippen LogP contribution in [0.1, 0.15) is 31.5 Å². The van der Waals surface area contributed by atoms with Crippen molar-refractivity contribution in [3.8, 4) is 0 Å². The van der Waals surface area contributed by atoms with E-state index in [4.69, 9.17) is 0 Å². The molecule has 1 amide bonds. The molecule has 138 valence electrons. The van der Waals surface area contributed by atoms with Gasteiger partial charge in [-0.2, -0.15) is 0 Å². The Morgan fingerprint density at radius 1 is 1.31 bits per heavy atom. The lowest BCUT2D eigenvalue weighted by Crippen LogP contribution is -2.34. The van der Waals surface area contributed by atoms with Crippen LogP contribution in [0.15, 0.2) is 47.5 Å². The summed E-state index contributed by atoms with van der Waals surface area (Å²) < 4.78 is 28.1. The molecule has 0 radical (unpaired) electrons. The SMILES string of the molecule is CCC(=O)N1CCc2cc(S(=O)(=O)N[C@@H](C)Cc3ccccn3)ccc21. The molecule has 26 heavy (non-hydrogen) atoms. The number of sulfonamides is 1. The first-order chi connectivity index (χ1) is 12.4. The Kier molecular flexibility index (Phi) is 5.38.